The van der Waals surface area contributed by atoms with Gasteiger partial charge in [0.05, 0.1) is 11.6 Å². The third-order valence-electron chi connectivity index (χ3n) is 2.62. The van der Waals surface area contributed by atoms with Gasteiger partial charge in [0.15, 0.2) is 11.6 Å². The Morgan fingerprint density at radius 1 is 1.32 bits per heavy atom. The van der Waals surface area contributed by atoms with Gasteiger partial charge in [0, 0.05) is 18.9 Å². The Bertz CT molecular complexity index is 595. The van der Waals surface area contributed by atoms with Gasteiger partial charge in [0.2, 0.25) is 0 Å². The van der Waals surface area contributed by atoms with Crippen LogP contribution in [0.5, 0.6) is 5.75 Å². The normalized spacial score (nSPS) is 11.6. The Balaban J connectivity index is 2.22. The lowest BCUT2D eigenvalue weighted by atomic mass is 10.1. The van der Waals surface area contributed by atoms with Crippen molar-refractivity contribution in [1.29, 1.82) is 5.26 Å². The van der Waals surface area contributed by atoms with Crippen LogP contribution < -0.4 is 10.5 Å². The fourth-order valence-corrected chi connectivity index (χ4v) is 1.65. The summed E-state index contributed by atoms with van der Waals surface area (Å²) in [6.07, 6.45) is 2.79. The number of halogens is 1. The Labute approximate surface area is 110 Å². The van der Waals surface area contributed by atoms with Crippen LogP contribution >= 0.6 is 0 Å². The number of pyridine rings is 1. The molecule has 0 saturated carbocycles. The summed E-state index contributed by atoms with van der Waals surface area (Å²) in [5.74, 6) is -0.502. The summed E-state index contributed by atoms with van der Waals surface area (Å²) in [6.45, 7) is 0.212. The topological polar surface area (TPSA) is 71.9 Å². The van der Waals surface area contributed by atoms with Crippen molar-refractivity contribution in [2.75, 3.05) is 6.54 Å². The number of nitriles is 1. The maximum absolute atomic E-state index is 13.7. The molecule has 0 saturated heterocycles. The van der Waals surface area contributed by atoms with Crippen LogP contribution in [0.25, 0.3) is 0 Å². The molecule has 0 aliphatic rings. The minimum atomic E-state index is -0.577. The van der Waals surface area contributed by atoms with Crippen LogP contribution in [-0.4, -0.2) is 11.5 Å². The van der Waals surface area contributed by atoms with Gasteiger partial charge in [0.25, 0.3) is 0 Å². The first-order valence-electron chi connectivity index (χ1n) is 5.71. The zero-order valence-corrected chi connectivity index (χ0v) is 10.1. The molecule has 0 amide bonds. The monoisotopic (exact) mass is 257 g/mol. The number of aromatic nitrogens is 1. The van der Waals surface area contributed by atoms with Crippen molar-refractivity contribution in [2.45, 2.75) is 6.10 Å². The van der Waals surface area contributed by atoms with E-state index in [1.165, 1.54) is 12.1 Å². The second-order valence-corrected chi connectivity index (χ2v) is 3.88. The van der Waals surface area contributed by atoms with Crippen molar-refractivity contribution >= 4 is 0 Å². The minimum Gasteiger partial charge on any atom is -0.481 e. The smallest absolute Gasteiger partial charge is 0.166 e. The van der Waals surface area contributed by atoms with E-state index in [0.717, 1.165) is 11.6 Å². The number of benzene rings is 1. The van der Waals surface area contributed by atoms with Crippen molar-refractivity contribution in [3.8, 4) is 11.8 Å². The van der Waals surface area contributed by atoms with Crippen molar-refractivity contribution in [3.05, 3.63) is 59.7 Å². The summed E-state index contributed by atoms with van der Waals surface area (Å²) in [5, 5.41) is 8.67. The van der Waals surface area contributed by atoms with Crippen molar-refractivity contribution in [2.24, 2.45) is 5.73 Å². The van der Waals surface area contributed by atoms with Crippen molar-refractivity contribution in [3.63, 3.8) is 0 Å². The van der Waals surface area contributed by atoms with Crippen molar-refractivity contribution in [1.82, 2.24) is 4.98 Å². The van der Waals surface area contributed by atoms with E-state index in [-0.39, 0.29) is 17.9 Å². The predicted octanol–water partition coefficient (Wildman–Crippen LogP) is 2.17. The lowest BCUT2D eigenvalue weighted by molar-refractivity contribution is 0.204. The molecule has 0 spiro atoms. The van der Waals surface area contributed by atoms with Gasteiger partial charge >= 0.3 is 0 Å². The van der Waals surface area contributed by atoms with Gasteiger partial charge in [-0.15, -0.1) is 0 Å². The average Bonchev–Trinajstić information content (AvgIpc) is 2.47. The summed E-state index contributed by atoms with van der Waals surface area (Å²) in [5.41, 5.74) is 6.71. The number of ether oxygens (including phenoxy) is 1. The highest BCUT2D eigenvalue weighted by molar-refractivity contribution is 5.36. The van der Waals surface area contributed by atoms with E-state index in [2.05, 4.69) is 4.98 Å². The van der Waals surface area contributed by atoms with E-state index >= 15 is 0 Å². The van der Waals surface area contributed by atoms with Gasteiger partial charge in [0.1, 0.15) is 6.10 Å². The van der Waals surface area contributed by atoms with E-state index in [0.29, 0.717) is 0 Å². The standard InChI is InChI=1S/C14H12FN3O/c15-12-7-10(8-16)1-2-13(12)19-14(9-17)11-3-5-18-6-4-11/h1-7,14H,9,17H2. The highest BCUT2D eigenvalue weighted by atomic mass is 19.1. The average molecular weight is 257 g/mol. The van der Waals surface area contributed by atoms with Crippen LogP contribution in [-0.2, 0) is 0 Å². The minimum absolute atomic E-state index is 0.0752. The van der Waals surface area contributed by atoms with Crippen molar-refractivity contribution < 1.29 is 9.13 Å². The lowest BCUT2D eigenvalue weighted by Crippen LogP contribution is -2.19. The fraction of sp³-hybridized carbons (Fsp3) is 0.143. The van der Waals surface area contributed by atoms with Crippen LogP contribution in [0.3, 0.4) is 0 Å². The van der Waals surface area contributed by atoms with Gasteiger partial charge in [-0.05, 0) is 35.9 Å². The summed E-state index contributed by atoms with van der Waals surface area (Å²) in [6, 6.07) is 9.45. The zero-order chi connectivity index (χ0) is 13.7. The van der Waals surface area contributed by atoms with Crippen LogP contribution in [0.2, 0.25) is 0 Å². The molecule has 0 aliphatic heterocycles. The van der Waals surface area contributed by atoms with E-state index in [9.17, 15) is 4.39 Å². The molecule has 0 fully saturated rings. The maximum atomic E-state index is 13.7. The number of rotatable bonds is 4. The first-order chi connectivity index (χ1) is 9.24. The predicted molar refractivity (Wildman–Crippen MR) is 67.8 cm³/mol. The van der Waals surface area contributed by atoms with E-state index in [1.807, 2.05) is 6.07 Å². The summed E-state index contributed by atoms with van der Waals surface area (Å²) >= 11 is 0. The second-order valence-electron chi connectivity index (χ2n) is 3.88. The molecule has 0 bridgehead atoms. The van der Waals surface area contributed by atoms with Gasteiger partial charge in [-0.25, -0.2) is 4.39 Å². The molecule has 1 atom stereocenters. The van der Waals surface area contributed by atoms with Gasteiger partial charge < -0.3 is 10.5 Å². The third-order valence-corrected chi connectivity index (χ3v) is 2.62. The summed E-state index contributed by atoms with van der Waals surface area (Å²) < 4.78 is 19.3. The molecule has 0 aliphatic carbocycles. The molecular formula is C14H12FN3O. The molecule has 1 aromatic carbocycles. The molecule has 0 radical (unpaired) electrons. The van der Waals surface area contributed by atoms with Gasteiger partial charge in [-0.1, -0.05) is 0 Å². The number of hydrogen-bond donors (Lipinski definition) is 1. The summed E-state index contributed by atoms with van der Waals surface area (Å²) in [7, 11) is 0. The molecule has 4 nitrogen and oxygen atoms in total. The molecule has 1 heterocycles. The molecule has 1 unspecified atom stereocenters. The van der Waals surface area contributed by atoms with E-state index < -0.39 is 11.9 Å². The quantitative estimate of drug-likeness (QED) is 0.911. The highest BCUT2D eigenvalue weighted by Gasteiger charge is 2.14. The maximum Gasteiger partial charge on any atom is 0.166 e. The van der Waals surface area contributed by atoms with Crippen LogP contribution in [0.15, 0.2) is 42.7 Å². The number of hydrogen-bond acceptors (Lipinski definition) is 4. The van der Waals surface area contributed by atoms with Crippen LogP contribution in [0, 0.1) is 17.1 Å². The Kier molecular flexibility index (Phi) is 4.06. The second kappa shape index (κ2) is 5.94. The van der Waals surface area contributed by atoms with Gasteiger partial charge in [-0.3, -0.25) is 4.98 Å². The van der Waals surface area contributed by atoms with Crippen LogP contribution in [0.4, 0.5) is 4.39 Å². The number of nitrogens with zero attached hydrogens (tertiary/aromatic N) is 2. The fourth-order valence-electron chi connectivity index (χ4n) is 1.65. The first-order valence-corrected chi connectivity index (χ1v) is 5.71. The molecule has 2 rings (SSSR count). The lowest BCUT2D eigenvalue weighted by Gasteiger charge is -2.18. The SMILES string of the molecule is N#Cc1ccc(OC(CN)c2ccncc2)c(F)c1. The molecule has 96 valence electrons. The molecule has 2 N–H and O–H groups in total. The molecule has 19 heavy (non-hydrogen) atoms. The molecular weight excluding hydrogens is 245 g/mol. The Morgan fingerprint density at radius 3 is 2.63 bits per heavy atom. The highest BCUT2D eigenvalue weighted by Crippen LogP contribution is 2.24. The Morgan fingerprint density at radius 2 is 2.05 bits per heavy atom. The van der Waals surface area contributed by atoms with E-state index in [1.54, 1.807) is 24.5 Å². The largest absolute Gasteiger partial charge is 0.481 e. The Hall–Kier alpha value is -2.45. The molecule has 5 heteroatoms. The van der Waals surface area contributed by atoms with Crippen LogP contribution in [0.1, 0.15) is 17.2 Å². The van der Waals surface area contributed by atoms with E-state index in [4.69, 9.17) is 15.7 Å². The summed E-state index contributed by atoms with van der Waals surface area (Å²) in [4.78, 5) is 3.90. The molecule has 1 aromatic heterocycles. The first kappa shape index (κ1) is 13.0. The third kappa shape index (κ3) is 3.06. The zero-order valence-electron chi connectivity index (χ0n) is 10.1. The number of nitrogens with two attached hydrogens (primary N) is 1. The van der Waals surface area contributed by atoms with Gasteiger partial charge in [-0.2, -0.15) is 5.26 Å². The molecule has 2 aromatic rings.